The van der Waals surface area contributed by atoms with Crippen LogP contribution in [0.2, 0.25) is 0 Å². The average Bonchev–Trinajstić information content (AvgIpc) is 2.58. The first-order valence-corrected chi connectivity index (χ1v) is 8.36. The lowest BCUT2D eigenvalue weighted by Gasteiger charge is -2.31. The Kier molecular flexibility index (Phi) is 5.08. The molecule has 3 rings (SSSR count). The van der Waals surface area contributed by atoms with Gasteiger partial charge < -0.3 is 10.2 Å². The molecule has 2 heterocycles. The minimum Gasteiger partial charge on any atom is -0.356 e. The summed E-state index contributed by atoms with van der Waals surface area (Å²) in [4.78, 5) is 18.8. The van der Waals surface area contributed by atoms with Gasteiger partial charge in [-0.2, -0.15) is 0 Å². The van der Waals surface area contributed by atoms with Crippen LogP contribution in [0.25, 0.3) is 0 Å². The van der Waals surface area contributed by atoms with Crippen molar-refractivity contribution in [2.45, 2.75) is 26.2 Å². The third-order valence-electron chi connectivity index (χ3n) is 4.32. The second-order valence-corrected chi connectivity index (χ2v) is 6.41. The predicted molar refractivity (Wildman–Crippen MR) is 93.6 cm³/mol. The molecule has 1 aromatic heterocycles. The fraction of sp³-hybridized carbons (Fsp3) is 0.368. The molecular formula is C19H22FN3O. The van der Waals surface area contributed by atoms with Crippen molar-refractivity contribution in [1.82, 2.24) is 4.98 Å². The summed E-state index contributed by atoms with van der Waals surface area (Å²) in [7, 11) is 0. The quantitative estimate of drug-likeness (QED) is 0.932. The lowest BCUT2D eigenvalue weighted by atomic mass is 10.0. The third kappa shape index (κ3) is 4.10. The minimum atomic E-state index is -0.361. The van der Waals surface area contributed by atoms with Crippen molar-refractivity contribution in [2.75, 3.05) is 23.3 Å². The molecule has 126 valence electrons. The first-order valence-electron chi connectivity index (χ1n) is 8.36. The summed E-state index contributed by atoms with van der Waals surface area (Å²) in [6.07, 6.45) is 4.12. The summed E-state index contributed by atoms with van der Waals surface area (Å²) < 4.78 is 13.6. The lowest BCUT2D eigenvalue weighted by Crippen LogP contribution is -2.34. The average molecular weight is 327 g/mol. The summed E-state index contributed by atoms with van der Waals surface area (Å²) in [5.74, 6) is 1.01. The number of anilines is 2. The van der Waals surface area contributed by atoms with Gasteiger partial charge in [-0.25, -0.2) is 9.37 Å². The monoisotopic (exact) mass is 327 g/mol. The zero-order valence-electron chi connectivity index (χ0n) is 13.8. The maximum Gasteiger partial charge on any atom is 0.228 e. The molecule has 1 N–H and O–H groups in total. The summed E-state index contributed by atoms with van der Waals surface area (Å²) in [6.45, 7) is 4.30. The van der Waals surface area contributed by atoms with Gasteiger partial charge in [0.05, 0.1) is 18.3 Å². The number of pyridine rings is 1. The second kappa shape index (κ2) is 7.43. The number of nitrogens with one attached hydrogen (secondary N) is 1. The van der Waals surface area contributed by atoms with Crippen molar-refractivity contribution in [2.24, 2.45) is 5.92 Å². The highest BCUT2D eigenvalue weighted by atomic mass is 19.1. The van der Waals surface area contributed by atoms with Crippen LogP contribution in [0.3, 0.4) is 0 Å². The Morgan fingerprint density at radius 3 is 2.88 bits per heavy atom. The summed E-state index contributed by atoms with van der Waals surface area (Å²) in [5, 5.41) is 2.77. The van der Waals surface area contributed by atoms with E-state index in [4.69, 9.17) is 0 Å². The van der Waals surface area contributed by atoms with Crippen molar-refractivity contribution in [3.63, 3.8) is 0 Å². The molecule has 1 amide bonds. The van der Waals surface area contributed by atoms with E-state index < -0.39 is 0 Å². The number of carbonyl (C=O) groups is 1. The third-order valence-corrected chi connectivity index (χ3v) is 4.32. The van der Waals surface area contributed by atoms with Crippen LogP contribution in [0.5, 0.6) is 0 Å². The van der Waals surface area contributed by atoms with E-state index in [9.17, 15) is 9.18 Å². The predicted octanol–water partition coefficient (Wildman–Crippen LogP) is 3.64. The molecule has 4 nitrogen and oxygen atoms in total. The van der Waals surface area contributed by atoms with Crippen LogP contribution in [0.15, 0.2) is 42.6 Å². The topological polar surface area (TPSA) is 45.2 Å². The van der Waals surface area contributed by atoms with Crippen molar-refractivity contribution < 1.29 is 9.18 Å². The fourth-order valence-corrected chi connectivity index (χ4v) is 3.06. The highest BCUT2D eigenvalue weighted by molar-refractivity contribution is 5.92. The molecule has 1 saturated heterocycles. The first-order chi connectivity index (χ1) is 11.6. The maximum absolute atomic E-state index is 13.6. The van der Waals surface area contributed by atoms with E-state index in [1.807, 2.05) is 12.1 Å². The number of nitrogens with zero attached hydrogens (tertiary/aromatic N) is 2. The number of aromatic nitrogens is 1. The highest BCUT2D eigenvalue weighted by Gasteiger charge is 2.17. The van der Waals surface area contributed by atoms with E-state index >= 15 is 0 Å². The lowest BCUT2D eigenvalue weighted by molar-refractivity contribution is -0.115. The molecule has 1 unspecified atom stereocenters. The zero-order valence-corrected chi connectivity index (χ0v) is 13.8. The van der Waals surface area contributed by atoms with Crippen LogP contribution in [0, 0.1) is 11.7 Å². The van der Waals surface area contributed by atoms with E-state index in [0.29, 0.717) is 17.2 Å². The van der Waals surface area contributed by atoms with Gasteiger partial charge in [0.15, 0.2) is 0 Å². The number of halogens is 1. The van der Waals surface area contributed by atoms with Crippen LogP contribution in [-0.2, 0) is 11.2 Å². The van der Waals surface area contributed by atoms with Gasteiger partial charge in [-0.15, -0.1) is 0 Å². The molecule has 1 fully saturated rings. The van der Waals surface area contributed by atoms with E-state index in [1.165, 1.54) is 18.9 Å². The normalized spacial score (nSPS) is 17.6. The molecule has 5 heteroatoms. The molecule has 24 heavy (non-hydrogen) atoms. The maximum atomic E-state index is 13.6. The Morgan fingerprint density at radius 1 is 1.33 bits per heavy atom. The molecule has 1 aliphatic heterocycles. The standard InChI is InChI=1S/C19H22FN3O/c1-14-5-4-10-23(13-14)18-9-8-16(12-21-18)22-19(24)11-15-6-2-3-7-17(15)20/h2-3,6-9,12,14H,4-5,10-11,13H2,1H3,(H,22,24). The summed E-state index contributed by atoms with van der Waals surface area (Å²) in [6, 6.07) is 10.1. The molecule has 1 atom stereocenters. The van der Waals surface area contributed by atoms with Crippen molar-refractivity contribution in [1.29, 1.82) is 0 Å². The van der Waals surface area contributed by atoms with E-state index in [1.54, 1.807) is 24.4 Å². The molecular weight excluding hydrogens is 305 g/mol. The van der Waals surface area contributed by atoms with Crippen molar-refractivity contribution >= 4 is 17.4 Å². The van der Waals surface area contributed by atoms with Gasteiger partial charge in [0.2, 0.25) is 5.91 Å². The van der Waals surface area contributed by atoms with Crippen molar-refractivity contribution in [3.05, 3.63) is 54.0 Å². The van der Waals surface area contributed by atoms with Gasteiger partial charge in [-0.1, -0.05) is 25.1 Å². The van der Waals surface area contributed by atoms with E-state index in [-0.39, 0.29) is 18.1 Å². The number of rotatable bonds is 4. The number of benzene rings is 1. The van der Waals surface area contributed by atoms with Crippen LogP contribution in [-0.4, -0.2) is 24.0 Å². The van der Waals surface area contributed by atoms with Gasteiger partial charge in [0.1, 0.15) is 11.6 Å². The van der Waals surface area contributed by atoms with Crippen LogP contribution in [0.1, 0.15) is 25.3 Å². The summed E-state index contributed by atoms with van der Waals surface area (Å²) in [5.41, 5.74) is 1.02. The summed E-state index contributed by atoms with van der Waals surface area (Å²) >= 11 is 0. The molecule has 0 radical (unpaired) electrons. The number of hydrogen-bond acceptors (Lipinski definition) is 3. The Morgan fingerprint density at radius 2 is 2.17 bits per heavy atom. The molecule has 0 bridgehead atoms. The van der Waals surface area contributed by atoms with Crippen LogP contribution >= 0.6 is 0 Å². The SMILES string of the molecule is CC1CCCN(c2ccc(NC(=O)Cc3ccccc3F)cn2)C1. The fourth-order valence-electron chi connectivity index (χ4n) is 3.06. The number of hydrogen-bond donors (Lipinski definition) is 1. The molecule has 0 saturated carbocycles. The van der Waals surface area contributed by atoms with Crippen molar-refractivity contribution in [3.8, 4) is 0 Å². The highest BCUT2D eigenvalue weighted by Crippen LogP contribution is 2.22. The van der Waals surface area contributed by atoms with Gasteiger partial charge in [-0.3, -0.25) is 4.79 Å². The number of carbonyl (C=O) groups excluding carboxylic acids is 1. The molecule has 1 aromatic carbocycles. The Hall–Kier alpha value is -2.43. The van der Waals surface area contributed by atoms with Gasteiger partial charge in [0.25, 0.3) is 0 Å². The largest absolute Gasteiger partial charge is 0.356 e. The molecule has 0 aliphatic carbocycles. The molecule has 0 spiro atoms. The number of piperidine rings is 1. The Bertz CT molecular complexity index is 702. The second-order valence-electron chi connectivity index (χ2n) is 6.41. The Balaban J connectivity index is 1.59. The minimum absolute atomic E-state index is 0.0120. The van der Waals surface area contributed by atoms with E-state index in [2.05, 4.69) is 22.1 Å². The van der Waals surface area contributed by atoms with Gasteiger partial charge in [0, 0.05) is 13.1 Å². The Labute approximate surface area is 141 Å². The van der Waals surface area contributed by atoms with E-state index in [0.717, 1.165) is 18.9 Å². The first kappa shape index (κ1) is 16.4. The molecule has 1 aliphatic rings. The van der Waals surface area contributed by atoms with Gasteiger partial charge in [-0.05, 0) is 42.5 Å². The van der Waals surface area contributed by atoms with Crippen LogP contribution in [0.4, 0.5) is 15.9 Å². The number of amides is 1. The van der Waals surface area contributed by atoms with Crippen LogP contribution < -0.4 is 10.2 Å². The molecule has 2 aromatic rings. The smallest absolute Gasteiger partial charge is 0.228 e. The zero-order chi connectivity index (χ0) is 16.9. The van der Waals surface area contributed by atoms with Gasteiger partial charge >= 0.3 is 0 Å².